The van der Waals surface area contributed by atoms with Gasteiger partial charge in [0.05, 0.1) is 23.8 Å². The number of hydrogen-bond donors (Lipinski definition) is 1. The number of amides is 1. The Morgan fingerprint density at radius 2 is 2.06 bits per heavy atom. The maximum atomic E-state index is 13.7. The Bertz CT molecular complexity index is 1200. The number of nitrogens with zero attached hydrogens (tertiary/aromatic N) is 2. The van der Waals surface area contributed by atoms with Gasteiger partial charge in [-0.2, -0.15) is 0 Å². The van der Waals surface area contributed by atoms with E-state index in [1.54, 1.807) is 24.6 Å². The van der Waals surface area contributed by atoms with Gasteiger partial charge in [-0.05, 0) is 79.3 Å². The molecule has 1 amide bonds. The Kier molecular flexibility index (Phi) is 7.41. The first-order valence-corrected chi connectivity index (χ1v) is 13.2. The average Bonchev–Trinajstić information content (AvgIpc) is 3.33. The minimum Gasteiger partial charge on any atom is -0.363 e. The summed E-state index contributed by atoms with van der Waals surface area (Å²) in [5, 5.41) is 2.92. The van der Waals surface area contributed by atoms with Gasteiger partial charge in [-0.1, -0.05) is 25.1 Å². The molecule has 3 atom stereocenters. The monoisotopic (exact) mass is 479 g/mol. The number of aryl methyl sites for hydroxylation is 1. The lowest BCUT2D eigenvalue weighted by molar-refractivity contribution is -0.117. The van der Waals surface area contributed by atoms with E-state index in [-0.39, 0.29) is 23.7 Å². The van der Waals surface area contributed by atoms with Crippen LogP contribution in [0.1, 0.15) is 55.3 Å². The van der Waals surface area contributed by atoms with Gasteiger partial charge in [0.15, 0.2) is 0 Å². The number of anilines is 2. The molecule has 3 unspecified atom stereocenters. The SMILES string of the molecule is CCc1cc(S(C)=O)ccc1C(C)C(=O)Nc1ccc(N2CCCC2c2cccc(F)c2)cn1. The third-order valence-corrected chi connectivity index (χ3v) is 7.42. The fourth-order valence-corrected chi connectivity index (χ4v) is 5.20. The van der Waals surface area contributed by atoms with Crippen molar-refractivity contribution in [2.24, 2.45) is 0 Å². The lowest BCUT2D eigenvalue weighted by Gasteiger charge is -2.27. The third-order valence-electron chi connectivity index (χ3n) is 6.50. The summed E-state index contributed by atoms with van der Waals surface area (Å²) < 4.78 is 25.5. The standard InChI is InChI=1S/C27H30FN3O2S/c1-4-19-16-23(34(3)33)11-12-24(19)18(2)27(32)30-26-13-10-22(17-29-26)31-14-6-9-25(31)20-7-5-8-21(28)15-20/h5,7-8,10-13,15-18,25H,4,6,9,14H2,1-3H3,(H,29,30,32). The van der Waals surface area contributed by atoms with E-state index in [1.165, 1.54) is 6.07 Å². The van der Waals surface area contributed by atoms with Gasteiger partial charge in [-0.15, -0.1) is 0 Å². The number of nitrogens with one attached hydrogen (secondary N) is 1. The summed E-state index contributed by atoms with van der Waals surface area (Å²) in [6.45, 7) is 4.78. The number of halogens is 1. The molecule has 4 rings (SSSR count). The topological polar surface area (TPSA) is 62.3 Å². The summed E-state index contributed by atoms with van der Waals surface area (Å²) in [5.41, 5.74) is 3.87. The van der Waals surface area contributed by atoms with Crippen molar-refractivity contribution < 1.29 is 13.4 Å². The van der Waals surface area contributed by atoms with Crippen molar-refractivity contribution in [3.63, 3.8) is 0 Å². The number of carbonyl (C=O) groups is 1. The first kappa shape index (κ1) is 24.1. The Morgan fingerprint density at radius 3 is 2.74 bits per heavy atom. The molecule has 1 aromatic heterocycles. The molecule has 3 aromatic rings. The molecule has 0 bridgehead atoms. The highest BCUT2D eigenvalue weighted by molar-refractivity contribution is 7.84. The number of hydrogen-bond acceptors (Lipinski definition) is 4. The fraction of sp³-hybridized carbons (Fsp3) is 0.333. The molecule has 0 spiro atoms. The van der Waals surface area contributed by atoms with Crippen LogP contribution in [0.2, 0.25) is 0 Å². The molecule has 0 saturated carbocycles. The van der Waals surface area contributed by atoms with Crippen LogP contribution in [-0.2, 0) is 22.0 Å². The molecule has 1 fully saturated rings. The predicted molar refractivity (Wildman–Crippen MR) is 135 cm³/mol. The highest BCUT2D eigenvalue weighted by atomic mass is 32.2. The van der Waals surface area contributed by atoms with Gasteiger partial charge >= 0.3 is 0 Å². The summed E-state index contributed by atoms with van der Waals surface area (Å²) >= 11 is 0. The number of aromatic nitrogens is 1. The Morgan fingerprint density at radius 1 is 1.24 bits per heavy atom. The molecular formula is C27H30FN3O2S. The van der Waals surface area contributed by atoms with Crippen molar-refractivity contribution in [1.29, 1.82) is 0 Å². The zero-order valence-electron chi connectivity index (χ0n) is 19.8. The molecule has 2 heterocycles. The second kappa shape index (κ2) is 10.5. The molecule has 1 aliphatic heterocycles. The molecule has 34 heavy (non-hydrogen) atoms. The number of carbonyl (C=O) groups excluding carboxylic acids is 1. The Balaban J connectivity index is 1.46. The molecule has 7 heteroatoms. The smallest absolute Gasteiger partial charge is 0.232 e. The average molecular weight is 480 g/mol. The Hall–Kier alpha value is -3.06. The Labute approximate surface area is 202 Å². The maximum Gasteiger partial charge on any atom is 0.232 e. The minimum absolute atomic E-state index is 0.117. The van der Waals surface area contributed by atoms with Crippen molar-refractivity contribution in [2.45, 2.75) is 50.0 Å². The van der Waals surface area contributed by atoms with Crippen molar-refractivity contribution >= 4 is 28.2 Å². The van der Waals surface area contributed by atoms with Crippen molar-refractivity contribution in [2.75, 3.05) is 23.0 Å². The molecular weight excluding hydrogens is 449 g/mol. The molecule has 0 radical (unpaired) electrons. The quantitative estimate of drug-likeness (QED) is 0.479. The van der Waals surface area contributed by atoms with Crippen LogP contribution in [0.25, 0.3) is 0 Å². The van der Waals surface area contributed by atoms with Crippen LogP contribution in [0, 0.1) is 5.82 Å². The molecule has 1 saturated heterocycles. The second-order valence-electron chi connectivity index (χ2n) is 8.69. The first-order chi connectivity index (χ1) is 16.4. The van der Waals surface area contributed by atoms with Gasteiger partial charge in [0.1, 0.15) is 11.6 Å². The third kappa shape index (κ3) is 5.20. The first-order valence-electron chi connectivity index (χ1n) is 11.6. The number of pyridine rings is 1. The highest BCUT2D eigenvalue weighted by Crippen LogP contribution is 2.36. The number of rotatable bonds is 7. The van der Waals surface area contributed by atoms with E-state index in [0.29, 0.717) is 5.82 Å². The van der Waals surface area contributed by atoms with Gasteiger partial charge in [-0.3, -0.25) is 9.00 Å². The van der Waals surface area contributed by atoms with Crippen LogP contribution in [0.5, 0.6) is 0 Å². The molecule has 5 nitrogen and oxygen atoms in total. The van der Waals surface area contributed by atoms with Crippen LogP contribution in [-0.4, -0.2) is 27.9 Å². The van der Waals surface area contributed by atoms with Crippen LogP contribution in [0.3, 0.4) is 0 Å². The second-order valence-corrected chi connectivity index (χ2v) is 10.1. The molecule has 1 N–H and O–H groups in total. The summed E-state index contributed by atoms with van der Waals surface area (Å²) in [5.74, 6) is -0.240. The molecule has 1 aliphatic rings. The van der Waals surface area contributed by atoms with Crippen LogP contribution < -0.4 is 10.2 Å². The molecule has 2 aromatic carbocycles. The van der Waals surface area contributed by atoms with E-state index in [1.807, 2.05) is 50.2 Å². The zero-order valence-corrected chi connectivity index (χ0v) is 20.6. The van der Waals surface area contributed by atoms with E-state index in [4.69, 9.17) is 0 Å². The zero-order chi connectivity index (χ0) is 24.2. The normalized spacial score (nSPS) is 17.4. The van der Waals surface area contributed by atoms with Gasteiger partial charge in [0, 0.05) is 28.5 Å². The van der Waals surface area contributed by atoms with Crippen molar-refractivity contribution in [3.8, 4) is 0 Å². The van der Waals surface area contributed by atoms with E-state index >= 15 is 0 Å². The van der Waals surface area contributed by atoms with Gasteiger partial charge in [0.25, 0.3) is 0 Å². The lowest BCUT2D eigenvalue weighted by Crippen LogP contribution is -2.23. The number of benzene rings is 2. The molecule has 0 aliphatic carbocycles. The summed E-state index contributed by atoms with van der Waals surface area (Å²) in [7, 11) is -1.06. The maximum absolute atomic E-state index is 13.7. The van der Waals surface area contributed by atoms with E-state index in [9.17, 15) is 13.4 Å². The fourth-order valence-electron chi connectivity index (χ4n) is 4.63. The summed E-state index contributed by atoms with van der Waals surface area (Å²) in [6.07, 6.45) is 6.17. The van der Waals surface area contributed by atoms with E-state index < -0.39 is 10.8 Å². The van der Waals surface area contributed by atoms with Crippen LogP contribution in [0.15, 0.2) is 65.7 Å². The lowest BCUT2D eigenvalue weighted by atomic mass is 9.93. The van der Waals surface area contributed by atoms with Gasteiger partial charge in [0.2, 0.25) is 5.91 Å². The van der Waals surface area contributed by atoms with Crippen LogP contribution >= 0.6 is 0 Å². The van der Waals surface area contributed by atoms with E-state index in [0.717, 1.165) is 53.1 Å². The van der Waals surface area contributed by atoms with Crippen molar-refractivity contribution in [1.82, 2.24) is 4.98 Å². The summed E-state index contributed by atoms with van der Waals surface area (Å²) in [6, 6.07) is 16.3. The van der Waals surface area contributed by atoms with Gasteiger partial charge < -0.3 is 10.2 Å². The van der Waals surface area contributed by atoms with Crippen molar-refractivity contribution in [3.05, 3.63) is 83.3 Å². The minimum atomic E-state index is -1.06. The molecule has 178 valence electrons. The largest absolute Gasteiger partial charge is 0.363 e. The highest BCUT2D eigenvalue weighted by Gasteiger charge is 2.27. The van der Waals surface area contributed by atoms with Gasteiger partial charge in [-0.25, -0.2) is 9.37 Å². The van der Waals surface area contributed by atoms with E-state index in [2.05, 4.69) is 15.2 Å². The predicted octanol–water partition coefficient (Wildman–Crippen LogP) is 5.60. The summed E-state index contributed by atoms with van der Waals surface area (Å²) in [4.78, 5) is 20.4. The van der Waals surface area contributed by atoms with Crippen LogP contribution in [0.4, 0.5) is 15.9 Å².